The van der Waals surface area contributed by atoms with E-state index in [2.05, 4.69) is 4.72 Å². The lowest BCUT2D eigenvalue weighted by atomic mass is 10.0. The lowest BCUT2D eigenvalue weighted by molar-refractivity contribution is 0.0504. The molecule has 2 N–H and O–H groups in total. The summed E-state index contributed by atoms with van der Waals surface area (Å²) in [7, 11) is -4.13. The average molecular weight is 467 g/mol. The first-order chi connectivity index (χ1) is 15.7. The molecule has 4 rings (SSSR count). The van der Waals surface area contributed by atoms with Crippen LogP contribution in [-0.4, -0.2) is 32.1 Å². The number of hydrogen-bond donors (Lipinski definition) is 2. The third-order valence-electron chi connectivity index (χ3n) is 5.15. The second-order valence-corrected chi connectivity index (χ2v) is 9.14. The van der Waals surface area contributed by atoms with Gasteiger partial charge in [-0.25, -0.2) is 18.0 Å². The Morgan fingerprint density at radius 2 is 1.76 bits per heavy atom. The Kier molecular flexibility index (Phi) is 5.82. The molecule has 170 valence electrons. The van der Waals surface area contributed by atoms with Gasteiger partial charge in [-0.15, -0.1) is 0 Å². The zero-order valence-electron chi connectivity index (χ0n) is 17.9. The molecule has 0 spiro atoms. The minimum absolute atomic E-state index is 0.149. The molecular formula is C24H21NO7S. The van der Waals surface area contributed by atoms with Gasteiger partial charge in [-0.2, -0.15) is 0 Å². The van der Waals surface area contributed by atoms with E-state index >= 15 is 0 Å². The van der Waals surface area contributed by atoms with Crippen LogP contribution in [0.1, 0.15) is 39.8 Å². The predicted molar refractivity (Wildman–Crippen MR) is 123 cm³/mol. The van der Waals surface area contributed by atoms with Gasteiger partial charge >= 0.3 is 11.9 Å². The molecule has 0 fully saturated rings. The number of esters is 1. The van der Waals surface area contributed by atoms with Gasteiger partial charge in [-0.05, 0) is 37.6 Å². The first kappa shape index (κ1) is 22.3. The molecule has 0 saturated carbocycles. The molecule has 3 aromatic carbocycles. The minimum atomic E-state index is -4.13. The van der Waals surface area contributed by atoms with E-state index in [0.29, 0.717) is 33.9 Å². The summed E-state index contributed by atoms with van der Waals surface area (Å²) < 4.78 is 39.9. The van der Waals surface area contributed by atoms with Crippen molar-refractivity contribution >= 4 is 49.4 Å². The van der Waals surface area contributed by atoms with Gasteiger partial charge in [0.2, 0.25) is 0 Å². The number of carbonyl (C=O) groups is 2. The van der Waals surface area contributed by atoms with Crippen LogP contribution >= 0.6 is 0 Å². The van der Waals surface area contributed by atoms with Crippen molar-refractivity contribution in [3.8, 4) is 0 Å². The summed E-state index contributed by atoms with van der Waals surface area (Å²) >= 11 is 0. The van der Waals surface area contributed by atoms with E-state index in [9.17, 15) is 23.1 Å². The topological polar surface area (TPSA) is 123 Å². The number of rotatable bonds is 7. The number of anilines is 1. The molecule has 1 heterocycles. The Hall–Kier alpha value is -3.85. The number of benzene rings is 3. The summed E-state index contributed by atoms with van der Waals surface area (Å²) in [6.45, 7) is 3.78. The number of aromatic carboxylic acids is 1. The molecule has 0 aliphatic heterocycles. The van der Waals surface area contributed by atoms with E-state index in [0.717, 1.165) is 6.07 Å². The normalized spacial score (nSPS) is 11.6. The van der Waals surface area contributed by atoms with Gasteiger partial charge in [0.25, 0.3) is 10.0 Å². The van der Waals surface area contributed by atoms with Crippen LogP contribution in [0.2, 0.25) is 0 Å². The molecule has 0 bridgehead atoms. The standard InChI is InChI=1S/C24H21NO7S/c1-3-11-31-24(28)21-14(2)32-22-18-10-5-4-9-17(18)20(13-19(21)22)25-33(29,30)16-8-6-7-15(12-16)23(26)27/h4-10,12-13,25H,3,11H2,1-2H3,(H,26,27). The molecule has 0 amide bonds. The van der Waals surface area contributed by atoms with E-state index in [-0.39, 0.29) is 28.3 Å². The molecule has 0 aliphatic rings. The van der Waals surface area contributed by atoms with Crippen molar-refractivity contribution in [2.75, 3.05) is 11.3 Å². The van der Waals surface area contributed by atoms with Crippen molar-refractivity contribution in [1.29, 1.82) is 0 Å². The Bertz CT molecular complexity index is 1500. The first-order valence-corrected chi connectivity index (χ1v) is 11.7. The van der Waals surface area contributed by atoms with Crippen LogP contribution in [0.25, 0.3) is 21.7 Å². The highest BCUT2D eigenvalue weighted by Gasteiger charge is 2.24. The number of furan rings is 1. The molecule has 0 radical (unpaired) electrons. The summed E-state index contributed by atoms with van der Waals surface area (Å²) in [6, 6.07) is 13.6. The van der Waals surface area contributed by atoms with Crippen LogP contribution in [0.4, 0.5) is 5.69 Å². The molecule has 1 aromatic heterocycles. The van der Waals surface area contributed by atoms with E-state index < -0.39 is 22.0 Å². The predicted octanol–water partition coefficient (Wildman–Crippen LogP) is 4.96. The largest absolute Gasteiger partial charge is 0.478 e. The zero-order valence-corrected chi connectivity index (χ0v) is 18.7. The van der Waals surface area contributed by atoms with E-state index in [1.807, 2.05) is 6.92 Å². The van der Waals surface area contributed by atoms with Crippen molar-refractivity contribution in [3.63, 3.8) is 0 Å². The number of sulfonamides is 1. The van der Waals surface area contributed by atoms with Crippen LogP contribution in [0.3, 0.4) is 0 Å². The second-order valence-electron chi connectivity index (χ2n) is 7.45. The van der Waals surface area contributed by atoms with Gasteiger partial charge in [-0.1, -0.05) is 37.3 Å². The Balaban J connectivity index is 1.89. The third-order valence-corrected chi connectivity index (χ3v) is 6.51. The minimum Gasteiger partial charge on any atom is -0.478 e. The van der Waals surface area contributed by atoms with Gasteiger partial charge in [0, 0.05) is 16.2 Å². The van der Waals surface area contributed by atoms with Crippen molar-refractivity contribution in [2.45, 2.75) is 25.2 Å². The number of carboxylic acids is 1. The summed E-state index contributed by atoms with van der Waals surface area (Å²) in [5.41, 5.74) is 0.758. The molecule has 8 nitrogen and oxygen atoms in total. The van der Waals surface area contributed by atoms with E-state index in [1.54, 1.807) is 31.2 Å². The van der Waals surface area contributed by atoms with Crippen molar-refractivity contribution in [2.24, 2.45) is 0 Å². The third kappa shape index (κ3) is 4.14. The highest BCUT2D eigenvalue weighted by Crippen LogP contribution is 2.37. The Labute approximate surface area is 189 Å². The monoisotopic (exact) mass is 467 g/mol. The molecule has 0 saturated heterocycles. The van der Waals surface area contributed by atoms with Gasteiger partial charge in [0.05, 0.1) is 22.8 Å². The number of ether oxygens (including phenoxy) is 1. The lowest BCUT2D eigenvalue weighted by Gasteiger charge is -2.12. The van der Waals surface area contributed by atoms with Crippen LogP contribution in [0.5, 0.6) is 0 Å². The fourth-order valence-corrected chi connectivity index (χ4v) is 4.76. The highest BCUT2D eigenvalue weighted by atomic mass is 32.2. The number of nitrogens with one attached hydrogen (secondary N) is 1. The molecular weight excluding hydrogens is 446 g/mol. The zero-order chi connectivity index (χ0) is 23.8. The fraction of sp³-hybridized carbons (Fsp3) is 0.167. The van der Waals surface area contributed by atoms with Gasteiger partial charge in [0.15, 0.2) is 0 Å². The van der Waals surface area contributed by atoms with Crippen LogP contribution in [-0.2, 0) is 14.8 Å². The molecule has 0 unspecified atom stereocenters. The Morgan fingerprint density at radius 3 is 2.45 bits per heavy atom. The van der Waals surface area contributed by atoms with Crippen LogP contribution in [0.15, 0.2) is 63.9 Å². The maximum atomic E-state index is 13.1. The number of hydrogen-bond acceptors (Lipinski definition) is 6. The van der Waals surface area contributed by atoms with E-state index in [1.165, 1.54) is 24.3 Å². The SMILES string of the molecule is CCCOC(=O)c1c(C)oc2c1cc(NS(=O)(=O)c1cccc(C(=O)O)c1)c1ccccc12. The molecule has 33 heavy (non-hydrogen) atoms. The first-order valence-electron chi connectivity index (χ1n) is 10.2. The average Bonchev–Trinajstić information content (AvgIpc) is 3.13. The number of fused-ring (bicyclic) bond motifs is 3. The molecule has 0 aliphatic carbocycles. The number of carboxylic acid groups (broad SMARTS) is 1. The summed E-state index contributed by atoms with van der Waals surface area (Å²) in [5, 5.41) is 10.8. The lowest BCUT2D eigenvalue weighted by Crippen LogP contribution is -2.14. The van der Waals surface area contributed by atoms with Crippen molar-refractivity contribution < 1.29 is 32.3 Å². The maximum absolute atomic E-state index is 13.1. The smallest absolute Gasteiger partial charge is 0.342 e. The highest BCUT2D eigenvalue weighted by molar-refractivity contribution is 7.92. The fourth-order valence-electron chi connectivity index (χ4n) is 3.64. The number of aryl methyl sites for hydroxylation is 1. The van der Waals surface area contributed by atoms with Crippen LogP contribution in [0, 0.1) is 6.92 Å². The van der Waals surface area contributed by atoms with Crippen LogP contribution < -0.4 is 4.72 Å². The van der Waals surface area contributed by atoms with Gasteiger partial charge in [-0.3, -0.25) is 4.72 Å². The molecule has 4 aromatic rings. The molecule has 0 atom stereocenters. The van der Waals surface area contributed by atoms with Gasteiger partial charge < -0.3 is 14.3 Å². The van der Waals surface area contributed by atoms with Crippen molar-refractivity contribution in [3.05, 3.63) is 71.5 Å². The van der Waals surface area contributed by atoms with Crippen molar-refractivity contribution in [1.82, 2.24) is 0 Å². The summed E-state index contributed by atoms with van der Waals surface area (Å²) in [4.78, 5) is 23.8. The van der Waals surface area contributed by atoms with Gasteiger partial charge in [0.1, 0.15) is 16.9 Å². The second kappa shape index (κ2) is 8.59. The Morgan fingerprint density at radius 1 is 1.03 bits per heavy atom. The summed E-state index contributed by atoms with van der Waals surface area (Å²) in [6.07, 6.45) is 0.657. The molecule has 9 heteroatoms. The quantitative estimate of drug-likeness (QED) is 0.368. The number of carbonyl (C=O) groups excluding carboxylic acids is 1. The summed E-state index contributed by atoms with van der Waals surface area (Å²) in [5.74, 6) is -1.42. The maximum Gasteiger partial charge on any atom is 0.342 e. The van der Waals surface area contributed by atoms with E-state index in [4.69, 9.17) is 9.15 Å².